The topological polar surface area (TPSA) is 31.4 Å². The Kier molecular flexibility index (Phi) is 4.16. The normalized spacial score (nSPS) is 17.6. The summed E-state index contributed by atoms with van der Waals surface area (Å²) in [5.41, 5.74) is 4.50. The average Bonchev–Trinajstić information content (AvgIpc) is 2.48. The number of pyridine rings is 1. The Morgan fingerprint density at radius 2 is 1.78 bits per heavy atom. The lowest BCUT2D eigenvalue weighted by molar-refractivity contribution is -0.137. The summed E-state index contributed by atoms with van der Waals surface area (Å²) in [7, 11) is 2.07. The minimum absolute atomic E-state index is 0.358. The van der Waals surface area contributed by atoms with Gasteiger partial charge in [0.05, 0.1) is 16.8 Å². The van der Waals surface area contributed by atoms with Crippen LogP contribution in [-0.2, 0) is 6.18 Å². The molecule has 23 heavy (non-hydrogen) atoms. The third-order valence-electron chi connectivity index (χ3n) is 4.05. The van der Waals surface area contributed by atoms with Crippen molar-refractivity contribution in [2.75, 3.05) is 38.7 Å². The molecule has 1 aromatic heterocycles. The third-order valence-corrected chi connectivity index (χ3v) is 4.05. The molecule has 0 atom stereocenters. The first-order chi connectivity index (χ1) is 10.8. The molecule has 2 aromatic rings. The second-order valence-electron chi connectivity index (χ2n) is 5.94. The number of hydrogen-bond donors (Lipinski definition) is 1. The maximum atomic E-state index is 12.9. The second-order valence-corrected chi connectivity index (χ2v) is 5.94. The number of hydrogen-bond acceptors (Lipinski definition) is 4. The zero-order valence-electron chi connectivity index (χ0n) is 13.1. The fourth-order valence-electron chi connectivity index (χ4n) is 2.72. The van der Waals surface area contributed by atoms with Gasteiger partial charge in [0.15, 0.2) is 0 Å². The monoisotopic (exact) mass is 324 g/mol. The predicted octanol–water partition coefficient (Wildman–Crippen LogP) is 3.14. The highest BCUT2D eigenvalue weighted by Gasteiger charge is 2.30. The molecule has 1 N–H and O–H groups in total. The van der Waals surface area contributed by atoms with Crippen LogP contribution in [0.25, 0.3) is 10.9 Å². The number of nitrogens with zero attached hydrogens (tertiary/aromatic N) is 3. The molecule has 0 radical (unpaired) electrons. The molecule has 0 saturated carbocycles. The summed E-state index contributed by atoms with van der Waals surface area (Å²) in [5.74, 6) is 0. The van der Waals surface area contributed by atoms with E-state index < -0.39 is 11.7 Å². The van der Waals surface area contributed by atoms with E-state index in [1.807, 2.05) is 6.07 Å². The lowest BCUT2D eigenvalue weighted by Gasteiger charge is -2.33. The van der Waals surface area contributed by atoms with E-state index in [-0.39, 0.29) is 0 Å². The predicted molar refractivity (Wildman–Crippen MR) is 84.2 cm³/mol. The molecule has 0 aliphatic carbocycles. The number of hydrazine groups is 1. The fraction of sp³-hybridized carbons (Fsp3) is 0.438. The smallest absolute Gasteiger partial charge is 0.318 e. The number of likely N-dealkylation sites (N-methyl/N-ethyl adjacent to an activating group) is 1. The molecule has 1 aliphatic rings. The van der Waals surface area contributed by atoms with E-state index in [4.69, 9.17) is 0 Å². The molecule has 0 unspecified atom stereocenters. The van der Waals surface area contributed by atoms with Gasteiger partial charge in [-0.2, -0.15) is 13.2 Å². The van der Waals surface area contributed by atoms with E-state index in [1.165, 1.54) is 6.07 Å². The number of nitrogens with one attached hydrogen (secondary N) is 1. The first kappa shape index (κ1) is 16.0. The van der Waals surface area contributed by atoms with Gasteiger partial charge >= 0.3 is 6.18 Å². The van der Waals surface area contributed by atoms with Gasteiger partial charge in [-0.25, -0.2) is 5.01 Å². The van der Waals surface area contributed by atoms with Gasteiger partial charge in [-0.05, 0) is 32.2 Å². The third kappa shape index (κ3) is 3.56. The van der Waals surface area contributed by atoms with Gasteiger partial charge < -0.3 is 10.3 Å². The number of aryl methyl sites for hydroxylation is 1. The Morgan fingerprint density at radius 3 is 2.43 bits per heavy atom. The number of benzene rings is 1. The Hall–Kier alpha value is -1.86. The highest BCUT2D eigenvalue weighted by atomic mass is 19.4. The van der Waals surface area contributed by atoms with Gasteiger partial charge in [0, 0.05) is 37.3 Å². The summed E-state index contributed by atoms with van der Waals surface area (Å²) in [6.45, 7) is 5.41. The van der Waals surface area contributed by atoms with Crippen molar-refractivity contribution in [3.05, 3.63) is 35.5 Å². The SMILES string of the molecule is Cc1cc(NN2CCN(C)CC2)c2ccc(C(F)(F)F)cc2n1. The first-order valence-electron chi connectivity index (χ1n) is 7.52. The Morgan fingerprint density at radius 1 is 1.09 bits per heavy atom. The minimum atomic E-state index is -4.36. The van der Waals surface area contributed by atoms with E-state index in [0.29, 0.717) is 16.6 Å². The Bertz CT molecular complexity index is 706. The molecule has 0 amide bonds. The van der Waals surface area contributed by atoms with Gasteiger partial charge in [0.25, 0.3) is 0 Å². The molecule has 4 nitrogen and oxygen atoms in total. The summed E-state index contributed by atoms with van der Waals surface area (Å²) in [6.07, 6.45) is -4.36. The molecule has 2 heterocycles. The zero-order chi connectivity index (χ0) is 16.6. The zero-order valence-corrected chi connectivity index (χ0v) is 13.1. The molecule has 7 heteroatoms. The maximum Gasteiger partial charge on any atom is 0.416 e. The molecule has 1 fully saturated rings. The van der Waals surface area contributed by atoms with Gasteiger partial charge in [0.2, 0.25) is 0 Å². The number of halogens is 3. The van der Waals surface area contributed by atoms with Gasteiger partial charge in [-0.15, -0.1) is 0 Å². The van der Waals surface area contributed by atoms with Crippen LogP contribution in [0.1, 0.15) is 11.3 Å². The molecule has 0 spiro atoms. The standard InChI is InChI=1S/C16H19F3N4/c1-11-9-15(21-23-7-5-22(2)6-8-23)13-4-3-12(16(17,18)19)10-14(13)20-11/h3-4,9-10H,5-8H2,1-2H3,(H,20,21). The summed E-state index contributed by atoms with van der Waals surface area (Å²) < 4.78 is 38.6. The molecule has 124 valence electrons. The number of fused-ring (bicyclic) bond motifs is 1. The van der Waals surface area contributed by atoms with Crippen LogP contribution < -0.4 is 5.43 Å². The quantitative estimate of drug-likeness (QED) is 0.920. The van der Waals surface area contributed by atoms with Crippen molar-refractivity contribution in [3.63, 3.8) is 0 Å². The molecule has 1 saturated heterocycles. The van der Waals surface area contributed by atoms with Crippen LogP contribution in [0.3, 0.4) is 0 Å². The van der Waals surface area contributed by atoms with Crippen LogP contribution in [-0.4, -0.2) is 48.1 Å². The van der Waals surface area contributed by atoms with Crippen molar-refractivity contribution in [3.8, 4) is 0 Å². The number of alkyl halides is 3. The van der Waals surface area contributed by atoms with Crippen molar-refractivity contribution >= 4 is 16.6 Å². The number of piperazine rings is 1. The van der Waals surface area contributed by atoms with E-state index in [0.717, 1.165) is 44.0 Å². The van der Waals surface area contributed by atoms with E-state index in [1.54, 1.807) is 6.92 Å². The molecule has 3 rings (SSSR count). The lowest BCUT2D eigenvalue weighted by atomic mass is 10.1. The molecular weight excluding hydrogens is 305 g/mol. The largest absolute Gasteiger partial charge is 0.416 e. The van der Waals surface area contributed by atoms with E-state index in [9.17, 15) is 13.2 Å². The van der Waals surface area contributed by atoms with Crippen LogP contribution in [0, 0.1) is 6.92 Å². The Labute approximate surface area is 132 Å². The van der Waals surface area contributed by atoms with Crippen molar-refractivity contribution in [2.45, 2.75) is 13.1 Å². The summed E-state index contributed by atoms with van der Waals surface area (Å²) in [5, 5.41) is 2.79. The van der Waals surface area contributed by atoms with Crippen molar-refractivity contribution < 1.29 is 13.2 Å². The van der Waals surface area contributed by atoms with E-state index >= 15 is 0 Å². The van der Waals surface area contributed by atoms with Gasteiger partial charge in [-0.3, -0.25) is 4.98 Å². The molecule has 0 bridgehead atoms. The van der Waals surface area contributed by atoms with Crippen LogP contribution in [0.15, 0.2) is 24.3 Å². The number of anilines is 1. The lowest BCUT2D eigenvalue weighted by Crippen LogP contribution is -2.46. The first-order valence-corrected chi connectivity index (χ1v) is 7.52. The van der Waals surface area contributed by atoms with E-state index in [2.05, 4.69) is 27.4 Å². The number of rotatable bonds is 2. The van der Waals surface area contributed by atoms with Crippen LogP contribution >= 0.6 is 0 Å². The summed E-state index contributed by atoms with van der Waals surface area (Å²) in [4.78, 5) is 6.49. The maximum absolute atomic E-state index is 12.9. The minimum Gasteiger partial charge on any atom is -0.318 e. The van der Waals surface area contributed by atoms with Crippen molar-refractivity contribution in [1.82, 2.24) is 14.9 Å². The number of aromatic nitrogens is 1. The van der Waals surface area contributed by atoms with Crippen LogP contribution in [0.5, 0.6) is 0 Å². The highest BCUT2D eigenvalue weighted by molar-refractivity contribution is 5.91. The van der Waals surface area contributed by atoms with Crippen molar-refractivity contribution in [1.29, 1.82) is 0 Å². The average molecular weight is 324 g/mol. The molecular formula is C16H19F3N4. The second kappa shape index (κ2) is 5.98. The van der Waals surface area contributed by atoms with Gasteiger partial charge in [-0.1, -0.05) is 6.07 Å². The van der Waals surface area contributed by atoms with Crippen LogP contribution in [0.4, 0.5) is 18.9 Å². The summed E-state index contributed by atoms with van der Waals surface area (Å²) >= 11 is 0. The highest BCUT2D eigenvalue weighted by Crippen LogP contribution is 2.33. The summed E-state index contributed by atoms with van der Waals surface area (Å²) in [6, 6.07) is 5.57. The van der Waals surface area contributed by atoms with Gasteiger partial charge in [0.1, 0.15) is 0 Å². The fourth-order valence-corrected chi connectivity index (χ4v) is 2.72. The molecule has 1 aliphatic heterocycles. The molecule has 1 aromatic carbocycles. The van der Waals surface area contributed by atoms with Crippen LogP contribution in [0.2, 0.25) is 0 Å². The Balaban J connectivity index is 1.94. The van der Waals surface area contributed by atoms with Crippen molar-refractivity contribution in [2.24, 2.45) is 0 Å².